The molecule has 0 spiro atoms. The zero-order chi connectivity index (χ0) is 13.9. The third-order valence-corrected chi connectivity index (χ3v) is 5.47. The van der Waals surface area contributed by atoms with E-state index in [0.717, 1.165) is 37.8 Å². The molecule has 0 radical (unpaired) electrons. The van der Waals surface area contributed by atoms with Gasteiger partial charge in [0.15, 0.2) is 0 Å². The Hall–Kier alpha value is -0.120. The van der Waals surface area contributed by atoms with Crippen LogP contribution in [0.25, 0.3) is 0 Å². The molecule has 1 saturated carbocycles. The predicted molar refractivity (Wildman–Crippen MR) is 80.3 cm³/mol. The highest BCUT2D eigenvalue weighted by Crippen LogP contribution is 2.32. The predicted octanol–water partition coefficient (Wildman–Crippen LogP) is 2.25. The summed E-state index contributed by atoms with van der Waals surface area (Å²) < 4.78 is 0. The standard InChI is InChI=1S/C16H32N2O/c1-4-13-5-6-15(17-3)14(11-13)12-18-9-7-16(2,19)8-10-18/h13-15,17,19H,4-12H2,1-3H3. The first-order valence-corrected chi connectivity index (χ1v) is 8.16. The Balaban J connectivity index is 1.85. The van der Waals surface area contributed by atoms with Crippen LogP contribution in [0, 0.1) is 11.8 Å². The first-order chi connectivity index (χ1) is 9.04. The SMILES string of the molecule is CCC1CCC(NC)C(CN2CCC(C)(O)CC2)C1. The molecule has 0 bridgehead atoms. The summed E-state index contributed by atoms with van der Waals surface area (Å²) in [5, 5.41) is 13.6. The van der Waals surface area contributed by atoms with E-state index in [1.807, 2.05) is 6.92 Å². The van der Waals surface area contributed by atoms with E-state index < -0.39 is 5.60 Å². The van der Waals surface area contributed by atoms with E-state index >= 15 is 0 Å². The van der Waals surface area contributed by atoms with Gasteiger partial charge >= 0.3 is 0 Å². The second-order valence-corrected chi connectivity index (χ2v) is 7.04. The molecule has 3 unspecified atom stereocenters. The molecule has 0 aromatic heterocycles. The van der Waals surface area contributed by atoms with Gasteiger partial charge in [-0.25, -0.2) is 0 Å². The zero-order valence-electron chi connectivity index (χ0n) is 13.0. The zero-order valence-corrected chi connectivity index (χ0v) is 13.0. The molecule has 0 aromatic rings. The van der Waals surface area contributed by atoms with Crippen LogP contribution in [0.15, 0.2) is 0 Å². The van der Waals surface area contributed by atoms with Crippen LogP contribution in [0.2, 0.25) is 0 Å². The lowest BCUT2D eigenvalue weighted by molar-refractivity contribution is -0.0125. The van der Waals surface area contributed by atoms with Gasteiger partial charge in [-0.05, 0) is 57.9 Å². The first-order valence-electron chi connectivity index (χ1n) is 8.16. The maximum absolute atomic E-state index is 10.0. The van der Waals surface area contributed by atoms with Crippen LogP contribution < -0.4 is 5.32 Å². The van der Waals surface area contributed by atoms with Gasteiger partial charge in [0.25, 0.3) is 0 Å². The minimum Gasteiger partial charge on any atom is -0.390 e. The fraction of sp³-hybridized carbons (Fsp3) is 1.00. The maximum atomic E-state index is 10.0. The average molecular weight is 268 g/mol. The highest BCUT2D eigenvalue weighted by Gasteiger charge is 2.33. The van der Waals surface area contributed by atoms with Crippen molar-refractivity contribution in [2.75, 3.05) is 26.7 Å². The molecule has 3 heteroatoms. The van der Waals surface area contributed by atoms with E-state index in [4.69, 9.17) is 0 Å². The van der Waals surface area contributed by atoms with E-state index in [-0.39, 0.29) is 0 Å². The summed E-state index contributed by atoms with van der Waals surface area (Å²) in [4.78, 5) is 2.57. The van der Waals surface area contributed by atoms with Crippen molar-refractivity contribution in [1.82, 2.24) is 10.2 Å². The lowest BCUT2D eigenvalue weighted by Crippen LogP contribution is -2.48. The van der Waals surface area contributed by atoms with Gasteiger partial charge in [0.05, 0.1) is 5.60 Å². The Bertz CT molecular complexity index is 270. The van der Waals surface area contributed by atoms with Gasteiger partial charge in [0.1, 0.15) is 0 Å². The molecule has 1 heterocycles. The number of hydrogen-bond donors (Lipinski definition) is 2. The minimum atomic E-state index is -0.419. The van der Waals surface area contributed by atoms with E-state index in [0.29, 0.717) is 6.04 Å². The summed E-state index contributed by atoms with van der Waals surface area (Å²) in [6.45, 7) is 7.67. The van der Waals surface area contributed by atoms with Crippen LogP contribution >= 0.6 is 0 Å². The molecule has 2 rings (SSSR count). The Morgan fingerprint density at radius 1 is 1.26 bits per heavy atom. The Kier molecular flexibility index (Phi) is 5.27. The Morgan fingerprint density at radius 2 is 1.95 bits per heavy atom. The fourth-order valence-electron chi connectivity index (χ4n) is 3.86. The Morgan fingerprint density at radius 3 is 2.53 bits per heavy atom. The molecular formula is C16H32N2O. The van der Waals surface area contributed by atoms with Crippen LogP contribution in [-0.4, -0.2) is 48.3 Å². The van der Waals surface area contributed by atoms with E-state index in [1.54, 1.807) is 0 Å². The van der Waals surface area contributed by atoms with Gasteiger partial charge in [-0.15, -0.1) is 0 Å². The number of rotatable bonds is 4. The summed E-state index contributed by atoms with van der Waals surface area (Å²) in [6, 6.07) is 0.699. The van der Waals surface area contributed by atoms with E-state index in [9.17, 15) is 5.11 Å². The van der Waals surface area contributed by atoms with Crippen molar-refractivity contribution in [3.8, 4) is 0 Å². The van der Waals surface area contributed by atoms with Crippen LogP contribution in [-0.2, 0) is 0 Å². The van der Waals surface area contributed by atoms with Crippen molar-refractivity contribution in [2.24, 2.45) is 11.8 Å². The highest BCUT2D eigenvalue weighted by atomic mass is 16.3. The molecule has 0 amide bonds. The summed E-state index contributed by atoms with van der Waals surface area (Å²) in [5.74, 6) is 1.73. The van der Waals surface area contributed by atoms with Crippen LogP contribution in [0.4, 0.5) is 0 Å². The van der Waals surface area contributed by atoms with Crippen molar-refractivity contribution in [2.45, 2.75) is 64.0 Å². The molecule has 2 aliphatic rings. The molecule has 3 nitrogen and oxygen atoms in total. The average Bonchev–Trinajstić information content (AvgIpc) is 2.41. The monoisotopic (exact) mass is 268 g/mol. The van der Waals surface area contributed by atoms with Crippen molar-refractivity contribution in [3.63, 3.8) is 0 Å². The van der Waals surface area contributed by atoms with Crippen molar-refractivity contribution in [3.05, 3.63) is 0 Å². The van der Waals surface area contributed by atoms with E-state index in [2.05, 4.69) is 24.2 Å². The number of hydrogen-bond acceptors (Lipinski definition) is 3. The third kappa shape index (κ3) is 4.17. The summed E-state index contributed by atoms with van der Waals surface area (Å²) in [5.41, 5.74) is -0.419. The molecule has 1 aliphatic heterocycles. The quantitative estimate of drug-likeness (QED) is 0.821. The number of nitrogens with one attached hydrogen (secondary N) is 1. The smallest absolute Gasteiger partial charge is 0.0644 e. The third-order valence-electron chi connectivity index (χ3n) is 5.47. The molecule has 0 aromatic carbocycles. The summed E-state index contributed by atoms with van der Waals surface area (Å²) in [7, 11) is 2.12. The molecule has 2 fully saturated rings. The molecule has 1 aliphatic carbocycles. The van der Waals surface area contributed by atoms with Gasteiger partial charge in [-0.1, -0.05) is 13.3 Å². The van der Waals surface area contributed by atoms with Crippen LogP contribution in [0.1, 0.15) is 52.4 Å². The molecule has 19 heavy (non-hydrogen) atoms. The molecule has 2 N–H and O–H groups in total. The minimum absolute atomic E-state index is 0.419. The first kappa shape index (κ1) is 15.3. The number of aliphatic hydroxyl groups is 1. The van der Waals surface area contributed by atoms with Crippen molar-refractivity contribution >= 4 is 0 Å². The topological polar surface area (TPSA) is 35.5 Å². The van der Waals surface area contributed by atoms with Crippen LogP contribution in [0.3, 0.4) is 0 Å². The lowest BCUT2D eigenvalue weighted by Gasteiger charge is -2.42. The second kappa shape index (κ2) is 6.55. The normalized spacial score (nSPS) is 36.3. The summed E-state index contributed by atoms with van der Waals surface area (Å²) >= 11 is 0. The molecule has 112 valence electrons. The highest BCUT2D eigenvalue weighted by molar-refractivity contribution is 4.88. The van der Waals surface area contributed by atoms with Gasteiger partial charge in [0, 0.05) is 25.7 Å². The number of nitrogens with zero attached hydrogens (tertiary/aromatic N) is 1. The second-order valence-electron chi connectivity index (χ2n) is 7.04. The largest absolute Gasteiger partial charge is 0.390 e. The maximum Gasteiger partial charge on any atom is 0.0644 e. The lowest BCUT2D eigenvalue weighted by atomic mass is 9.76. The fourth-order valence-corrected chi connectivity index (χ4v) is 3.86. The van der Waals surface area contributed by atoms with Gasteiger partial charge in [-0.3, -0.25) is 0 Å². The van der Waals surface area contributed by atoms with Crippen LogP contribution in [0.5, 0.6) is 0 Å². The van der Waals surface area contributed by atoms with Crippen molar-refractivity contribution in [1.29, 1.82) is 0 Å². The van der Waals surface area contributed by atoms with E-state index in [1.165, 1.54) is 32.2 Å². The number of piperidine rings is 1. The molecule has 3 atom stereocenters. The van der Waals surface area contributed by atoms with Gasteiger partial charge < -0.3 is 15.3 Å². The molecular weight excluding hydrogens is 236 g/mol. The number of likely N-dealkylation sites (tertiary alicyclic amines) is 1. The molecule has 1 saturated heterocycles. The van der Waals surface area contributed by atoms with Gasteiger partial charge in [0.2, 0.25) is 0 Å². The summed E-state index contributed by atoms with van der Waals surface area (Å²) in [6.07, 6.45) is 7.32. The van der Waals surface area contributed by atoms with Gasteiger partial charge in [-0.2, -0.15) is 0 Å². The van der Waals surface area contributed by atoms with Crippen molar-refractivity contribution < 1.29 is 5.11 Å². The Labute approximate surface area is 118 Å².